The van der Waals surface area contributed by atoms with Crippen LogP contribution >= 0.6 is 0 Å². The maximum atomic E-state index is 4.63. The molecule has 0 unspecified atom stereocenters. The van der Waals surface area contributed by atoms with Gasteiger partial charge in [-0.2, -0.15) is 5.10 Å². The van der Waals surface area contributed by atoms with E-state index in [2.05, 4.69) is 47.2 Å². The number of rotatable bonds is 3. The lowest BCUT2D eigenvalue weighted by molar-refractivity contribution is 0.866. The van der Waals surface area contributed by atoms with Gasteiger partial charge in [0, 0.05) is 11.1 Å². The molecule has 3 heteroatoms. The normalized spacial score (nSPS) is 10.9. The van der Waals surface area contributed by atoms with Gasteiger partial charge in [0.1, 0.15) is 0 Å². The number of nitrogens with zero attached hydrogens (tertiary/aromatic N) is 2. The lowest BCUT2D eigenvalue weighted by Gasteiger charge is -2.09. The van der Waals surface area contributed by atoms with E-state index in [9.17, 15) is 0 Å². The Morgan fingerprint density at radius 1 is 0.900 bits per heavy atom. The monoisotopic (exact) mass is 263 g/mol. The van der Waals surface area contributed by atoms with Gasteiger partial charge in [-0.1, -0.05) is 68.4 Å². The largest absolute Gasteiger partial charge is 0.259 e. The summed E-state index contributed by atoms with van der Waals surface area (Å²) in [6.45, 7) is 4.38. The molecule has 0 amide bonds. The van der Waals surface area contributed by atoms with E-state index in [0.29, 0.717) is 5.92 Å². The van der Waals surface area contributed by atoms with E-state index in [1.165, 1.54) is 5.56 Å². The van der Waals surface area contributed by atoms with Crippen molar-refractivity contribution in [3.63, 3.8) is 0 Å². The average molecular weight is 263 g/mol. The Morgan fingerprint density at radius 2 is 1.60 bits per heavy atom. The number of aromatic amines is 1. The maximum Gasteiger partial charge on any atom is 0.181 e. The van der Waals surface area contributed by atoms with Gasteiger partial charge in [0.15, 0.2) is 11.6 Å². The summed E-state index contributed by atoms with van der Waals surface area (Å²) in [7, 11) is 0. The van der Waals surface area contributed by atoms with Crippen molar-refractivity contribution in [2.45, 2.75) is 19.8 Å². The van der Waals surface area contributed by atoms with Crippen LogP contribution in [0.3, 0.4) is 0 Å². The number of H-pyrrole nitrogens is 1. The fraction of sp³-hybridized carbons (Fsp3) is 0.176. The number of hydrogen-bond donors (Lipinski definition) is 1. The molecule has 0 aliphatic carbocycles. The second kappa shape index (κ2) is 5.29. The van der Waals surface area contributed by atoms with Gasteiger partial charge >= 0.3 is 0 Å². The van der Waals surface area contributed by atoms with Gasteiger partial charge in [0.25, 0.3) is 0 Å². The highest BCUT2D eigenvalue weighted by molar-refractivity contribution is 5.64. The molecule has 1 heterocycles. The zero-order chi connectivity index (χ0) is 13.9. The Labute approximate surface area is 118 Å². The van der Waals surface area contributed by atoms with Crippen LogP contribution in [0.25, 0.3) is 22.8 Å². The highest BCUT2D eigenvalue weighted by atomic mass is 15.2. The van der Waals surface area contributed by atoms with E-state index >= 15 is 0 Å². The third kappa shape index (κ3) is 2.35. The first-order valence-electron chi connectivity index (χ1n) is 6.83. The molecule has 0 aliphatic rings. The van der Waals surface area contributed by atoms with Crippen LogP contribution in [0, 0.1) is 0 Å². The number of hydrogen-bond acceptors (Lipinski definition) is 2. The zero-order valence-corrected chi connectivity index (χ0v) is 11.7. The maximum absolute atomic E-state index is 4.63. The Bertz CT molecular complexity index is 699. The van der Waals surface area contributed by atoms with E-state index in [0.717, 1.165) is 22.8 Å². The van der Waals surface area contributed by atoms with Gasteiger partial charge in [-0.05, 0) is 11.5 Å². The van der Waals surface area contributed by atoms with Crippen molar-refractivity contribution >= 4 is 0 Å². The van der Waals surface area contributed by atoms with Crippen molar-refractivity contribution < 1.29 is 0 Å². The fourth-order valence-corrected chi connectivity index (χ4v) is 2.31. The summed E-state index contributed by atoms with van der Waals surface area (Å²) in [5.74, 6) is 2.02. The summed E-state index contributed by atoms with van der Waals surface area (Å²) in [5, 5.41) is 7.38. The van der Waals surface area contributed by atoms with Crippen LogP contribution in [-0.2, 0) is 0 Å². The summed E-state index contributed by atoms with van der Waals surface area (Å²) in [5.41, 5.74) is 3.43. The highest BCUT2D eigenvalue weighted by Crippen LogP contribution is 2.27. The second-order valence-corrected chi connectivity index (χ2v) is 5.12. The Hall–Kier alpha value is -2.42. The molecular formula is C17H17N3. The van der Waals surface area contributed by atoms with Crippen LogP contribution < -0.4 is 0 Å². The molecule has 0 bridgehead atoms. The summed E-state index contributed by atoms with van der Waals surface area (Å²) >= 11 is 0. The molecule has 0 radical (unpaired) electrons. The summed E-state index contributed by atoms with van der Waals surface area (Å²) in [4.78, 5) is 4.63. The molecule has 100 valence electrons. The van der Waals surface area contributed by atoms with E-state index < -0.39 is 0 Å². The molecule has 3 rings (SSSR count). The fourth-order valence-electron chi connectivity index (χ4n) is 2.31. The quantitative estimate of drug-likeness (QED) is 0.767. The van der Waals surface area contributed by atoms with Crippen molar-refractivity contribution in [1.82, 2.24) is 15.2 Å². The summed E-state index contributed by atoms with van der Waals surface area (Å²) in [6, 6.07) is 18.3. The number of benzene rings is 2. The SMILES string of the molecule is CC(C)c1ccccc1-c1nc(-c2ccccc2)n[nH]1. The van der Waals surface area contributed by atoms with Gasteiger partial charge in [-0.3, -0.25) is 5.10 Å². The van der Waals surface area contributed by atoms with Crippen molar-refractivity contribution in [2.75, 3.05) is 0 Å². The van der Waals surface area contributed by atoms with Crippen molar-refractivity contribution in [2.24, 2.45) is 0 Å². The van der Waals surface area contributed by atoms with Gasteiger partial charge in [-0.15, -0.1) is 0 Å². The van der Waals surface area contributed by atoms with Crippen molar-refractivity contribution in [3.8, 4) is 22.8 Å². The van der Waals surface area contributed by atoms with Gasteiger partial charge in [-0.25, -0.2) is 4.98 Å². The molecule has 20 heavy (non-hydrogen) atoms. The molecule has 0 saturated heterocycles. The summed E-state index contributed by atoms with van der Waals surface area (Å²) < 4.78 is 0. The van der Waals surface area contributed by atoms with Crippen molar-refractivity contribution in [1.29, 1.82) is 0 Å². The van der Waals surface area contributed by atoms with Crippen LogP contribution in [-0.4, -0.2) is 15.2 Å². The molecular weight excluding hydrogens is 246 g/mol. The van der Waals surface area contributed by atoms with Gasteiger partial charge in [0.2, 0.25) is 0 Å². The van der Waals surface area contributed by atoms with E-state index in [-0.39, 0.29) is 0 Å². The Balaban J connectivity index is 2.03. The Morgan fingerprint density at radius 3 is 2.35 bits per heavy atom. The molecule has 0 fully saturated rings. The molecule has 3 aromatic rings. The van der Waals surface area contributed by atoms with Crippen LogP contribution in [0.5, 0.6) is 0 Å². The summed E-state index contributed by atoms with van der Waals surface area (Å²) in [6.07, 6.45) is 0. The minimum Gasteiger partial charge on any atom is -0.259 e. The zero-order valence-electron chi connectivity index (χ0n) is 11.7. The standard InChI is InChI=1S/C17H17N3/c1-12(2)14-10-6-7-11-15(14)17-18-16(19-20-17)13-8-4-3-5-9-13/h3-12H,1-2H3,(H,18,19,20). The molecule has 0 aliphatic heterocycles. The predicted octanol–water partition coefficient (Wildman–Crippen LogP) is 4.26. The lowest BCUT2D eigenvalue weighted by atomic mass is 9.97. The van der Waals surface area contributed by atoms with Crippen molar-refractivity contribution in [3.05, 3.63) is 60.2 Å². The smallest absolute Gasteiger partial charge is 0.181 e. The molecule has 1 N–H and O–H groups in total. The van der Waals surface area contributed by atoms with E-state index in [1.54, 1.807) is 0 Å². The molecule has 0 saturated carbocycles. The molecule has 3 nitrogen and oxygen atoms in total. The lowest BCUT2D eigenvalue weighted by Crippen LogP contribution is -1.93. The third-order valence-corrected chi connectivity index (χ3v) is 3.36. The topological polar surface area (TPSA) is 41.6 Å². The molecule has 0 atom stereocenters. The van der Waals surface area contributed by atoms with Gasteiger partial charge in [0.05, 0.1) is 0 Å². The molecule has 0 spiro atoms. The number of aromatic nitrogens is 3. The first-order valence-corrected chi connectivity index (χ1v) is 6.83. The van der Waals surface area contributed by atoms with Gasteiger partial charge < -0.3 is 0 Å². The Kier molecular flexibility index (Phi) is 3.33. The second-order valence-electron chi connectivity index (χ2n) is 5.12. The van der Waals surface area contributed by atoms with Crippen LogP contribution in [0.4, 0.5) is 0 Å². The van der Waals surface area contributed by atoms with E-state index in [1.807, 2.05) is 36.4 Å². The average Bonchev–Trinajstić information content (AvgIpc) is 2.98. The first kappa shape index (κ1) is 12.6. The predicted molar refractivity (Wildman–Crippen MR) is 81.3 cm³/mol. The van der Waals surface area contributed by atoms with Crippen LogP contribution in [0.2, 0.25) is 0 Å². The minimum atomic E-state index is 0.455. The van der Waals surface area contributed by atoms with Crippen LogP contribution in [0.1, 0.15) is 25.3 Å². The first-order chi connectivity index (χ1) is 9.75. The highest BCUT2D eigenvalue weighted by Gasteiger charge is 2.12. The van der Waals surface area contributed by atoms with E-state index in [4.69, 9.17) is 0 Å². The molecule has 1 aromatic heterocycles. The number of nitrogens with one attached hydrogen (secondary N) is 1. The molecule has 2 aromatic carbocycles. The minimum absolute atomic E-state index is 0.455. The van der Waals surface area contributed by atoms with Crippen LogP contribution in [0.15, 0.2) is 54.6 Å². The third-order valence-electron chi connectivity index (χ3n) is 3.36.